The molecular formula is C22H14F3N3O3S. The molecule has 10 heteroatoms. The van der Waals surface area contributed by atoms with Gasteiger partial charge in [-0.3, -0.25) is 9.59 Å². The number of nitrogens with zero attached hydrogens (tertiary/aromatic N) is 3. The molecule has 6 rings (SSSR count). The van der Waals surface area contributed by atoms with Crippen LogP contribution in [0.2, 0.25) is 0 Å². The van der Waals surface area contributed by atoms with Gasteiger partial charge in [-0.25, -0.2) is 14.9 Å². The molecule has 0 spiro atoms. The van der Waals surface area contributed by atoms with Crippen molar-refractivity contribution >= 4 is 38.5 Å². The molecule has 2 amide bonds. The highest BCUT2D eigenvalue weighted by Gasteiger charge is 2.60. The van der Waals surface area contributed by atoms with Crippen LogP contribution in [0.3, 0.4) is 0 Å². The molecule has 32 heavy (non-hydrogen) atoms. The molecule has 3 aliphatic rings. The standard InChI is InChI=1S/C22H14F3N3O3S/c23-22(24,25)12-3-6-16(26-9-12)31-13-4-5-14-15(8-13)32-21(27-14)28-19(29)17-10-1-2-11(7-10)18(17)20(28)30/h1-6,8-11,17-18H,7H2/t10?,11?,17-,18+. The van der Waals surface area contributed by atoms with Gasteiger partial charge in [0.2, 0.25) is 17.7 Å². The highest BCUT2D eigenvalue weighted by atomic mass is 32.1. The summed E-state index contributed by atoms with van der Waals surface area (Å²) in [6.45, 7) is 0. The number of hydrogen-bond donors (Lipinski definition) is 0. The monoisotopic (exact) mass is 457 g/mol. The zero-order chi connectivity index (χ0) is 22.2. The van der Waals surface area contributed by atoms with E-state index in [2.05, 4.69) is 9.97 Å². The van der Waals surface area contributed by atoms with Gasteiger partial charge in [-0.2, -0.15) is 13.2 Å². The van der Waals surface area contributed by atoms with Crippen molar-refractivity contribution < 1.29 is 27.5 Å². The van der Waals surface area contributed by atoms with Crippen LogP contribution in [-0.2, 0) is 15.8 Å². The van der Waals surface area contributed by atoms with Gasteiger partial charge in [-0.1, -0.05) is 23.5 Å². The summed E-state index contributed by atoms with van der Waals surface area (Å²) in [6.07, 6.45) is 1.18. The summed E-state index contributed by atoms with van der Waals surface area (Å²) in [6, 6.07) is 6.99. The van der Waals surface area contributed by atoms with Gasteiger partial charge in [0.1, 0.15) is 5.75 Å². The topological polar surface area (TPSA) is 72.4 Å². The van der Waals surface area contributed by atoms with Crippen molar-refractivity contribution in [3.63, 3.8) is 0 Å². The lowest BCUT2D eigenvalue weighted by Crippen LogP contribution is -2.32. The molecule has 0 N–H and O–H groups in total. The minimum Gasteiger partial charge on any atom is -0.439 e. The molecule has 2 unspecified atom stereocenters. The number of thiazole rings is 1. The van der Waals surface area contributed by atoms with Crippen molar-refractivity contribution in [2.24, 2.45) is 23.7 Å². The number of anilines is 1. The van der Waals surface area contributed by atoms with E-state index in [9.17, 15) is 22.8 Å². The van der Waals surface area contributed by atoms with Gasteiger partial charge in [0.25, 0.3) is 0 Å². The lowest BCUT2D eigenvalue weighted by molar-refractivity contribution is -0.137. The van der Waals surface area contributed by atoms with Crippen molar-refractivity contribution in [2.45, 2.75) is 12.6 Å². The number of aromatic nitrogens is 2. The highest BCUT2D eigenvalue weighted by molar-refractivity contribution is 7.22. The van der Waals surface area contributed by atoms with Gasteiger partial charge in [0, 0.05) is 18.3 Å². The average Bonchev–Trinajstić information content (AvgIpc) is 3.50. The van der Waals surface area contributed by atoms with E-state index < -0.39 is 11.7 Å². The van der Waals surface area contributed by atoms with Gasteiger partial charge < -0.3 is 4.74 Å². The number of fused-ring (bicyclic) bond motifs is 6. The van der Waals surface area contributed by atoms with Gasteiger partial charge >= 0.3 is 6.18 Å². The van der Waals surface area contributed by atoms with E-state index in [-0.39, 0.29) is 41.4 Å². The number of carbonyl (C=O) groups excluding carboxylic acids is 2. The Hall–Kier alpha value is -3.27. The Kier molecular flexibility index (Phi) is 4.01. The molecule has 2 aliphatic carbocycles. The first-order valence-electron chi connectivity index (χ1n) is 9.97. The van der Waals surface area contributed by atoms with Crippen molar-refractivity contribution in [1.82, 2.24) is 9.97 Å². The number of halogens is 3. The molecule has 162 valence electrons. The third-order valence-electron chi connectivity index (χ3n) is 6.30. The fraction of sp³-hybridized carbons (Fsp3) is 0.273. The smallest absolute Gasteiger partial charge is 0.417 e. The predicted molar refractivity (Wildman–Crippen MR) is 109 cm³/mol. The Balaban J connectivity index is 1.26. The number of carbonyl (C=O) groups is 2. The fourth-order valence-electron chi connectivity index (χ4n) is 4.87. The first-order valence-corrected chi connectivity index (χ1v) is 10.8. The average molecular weight is 457 g/mol. The number of allylic oxidation sites excluding steroid dienone is 2. The number of amides is 2. The molecule has 4 atom stereocenters. The minimum atomic E-state index is -4.47. The molecule has 6 nitrogen and oxygen atoms in total. The maximum absolute atomic E-state index is 13.0. The van der Waals surface area contributed by atoms with E-state index in [1.807, 2.05) is 12.2 Å². The Morgan fingerprint density at radius 1 is 1.03 bits per heavy atom. The van der Waals surface area contributed by atoms with Crippen LogP contribution in [0, 0.1) is 23.7 Å². The van der Waals surface area contributed by atoms with Crippen LogP contribution in [0.1, 0.15) is 12.0 Å². The summed E-state index contributed by atoms with van der Waals surface area (Å²) in [5.74, 6) is -0.360. The number of pyridine rings is 1. The lowest BCUT2D eigenvalue weighted by Gasteiger charge is -2.14. The fourth-order valence-corrected chi connectivity index (χ4v) is 5.88. The van der Waals surface area contributed by atoms with Crippen LogP contribution in [0.4, 0.5) is 18.3 Å². The number of benzene rings is 1. The summed E-state index contributed by atoms with van der Waals surface area (Å²) in [5, 5.41) is 0.327. The van der Waals surface area contributed by atoms with E-state index in [1.165, 1.54) is 16.2 Å². The maximum atomic E-state index is 13.0. The van der Waals surface area contributed by atoms with E-state index >= 15 is 0 Å². The normalized spacial score (nSPS) is 26.4. The molecule has 2 bridgehead atoms. The molecule has 2 fully saturated rings. The minimum absolute atomic E-state index is 0.0165. The second-order valence-corrected chi connectivity index (χ2v) is 9.13. The molecule has 1 aliphatic heterocycles. The number of ether oxygens (including phenoxy) is 1. The van der Waals surface area contributed by atoms with Gasteiger partial charge in [0.05, 0.1) is 27.6 Å². The van der Waals surface area contributed by atoms with E-state index in [1.54, 1.807) is 18.2 Å². The van der Waals surface area contributed by atoms with Crippen LogP contribution in [-0.4, -0.2) is 21.8 Å². The SMILES string of the molecule is O=C1[C@@H]2C3C=CC(C3)[C@@H]2C(=O)N1c1nc2ccc(Oc3ccc(C(F)(F)F)cn3)cc2s1. The van der Waals surface area contributed by atoms with Crippen molar-refractivity contribution in [3.8, 4) is 11.6 Å². The molecule has 2 aromatic heterocycles. The molecule has 1 saturated carbocycles. The van der Waals surface area contributed by atoms with Crippen molar-refractivity contribution in [1.29, 1.82) is 0 Å². The number of rotatable bonds is 3. The van der Waals surface area contributed by atoms with Crippen molar-refractivity contribution in [3.05, 3.63) is 54.2 Å². The summed E-state index contributed by atoms with van der Waals surface area (Å²) < 4.78 is 44.3. The van der Waals surface area contributed by atoms with Gasteiger partial charge in [0.15, 0.2) is 5.13 Å². The molecule has 3 aromatic rings. The first-order chi connectivity index (χ1) is 15.3. The lowest BCUT2D eigenvalue weighted by atomic mass is 9.85. The summed E-state index contributed by atoms with van der Waals surface area (Å²) >= 11 is 1.20. The zero-order valence-corrected chi connectivity index (χ0v) is 17.1. The third-order valence-corrected chi connectivity index (χ3v) is 7.30. The zero-order valence-electron chi connectivity index (χ0n) is 16.2. The van der Waals surface area contributed by atoms with Gasteiger partial charge in [-0.15, -0.1) is 0 Å². The van der Waals surface area contributed by atoms with E-state index in [0.717, 1.165) is 18.6 Å². The number of imide groups is 1. The van der Waals surface area contributed by atoms with Crippen LogP contribution in [0.15, 0.2) is 48.7 Å². The highest BCUT2D eigenvalue weighted by Crippen LogP contribution is 2.53. The number of hydrogen-bond acceptors (Lipinski definition) is 6. The Morgan fingerprint density at radius 2 is 1.75 bits per heavy atom. The summed E-state index contributed by atoms with van der Waals surface area (Å²) in [5.41, 5.74) is -0.266. The Labute approximate surface area is 183 Å². The molecule has 0 radical (unpaired) electrons. The second kappa shape index (κ2) is 6.61. The van der Waals surface area contributed by atoms with E-state index in [0.29, 0.717) is 27.3 Å². The van der Waals surface area contributed by atoms with Crippen molar-refractivity contribution in [2.75, 3.05) is 4.90 Å². The molecule has 1 saturated heterocycles. The third kappa shape index (κ3) is 2.85. The molecule has 3 heterocycles. The summed E-state index contributed by atoms with van der Waals surface area (Å²) in [4.78, 5) is 35.4. The summed E-state index contributed by atoms with van der Waals surface area (Å²) in [7, 11) is 0. The second-order valence-electron chi connectivity index (χ2n) is 8.12. The largest absolute Gasteiger partial charge is 0.439 e. The quantitative estimate of drug-likeness (QED) is 0.417. The maximum Gasteiger partial charge on any atom is 0.417 e. The van der Waals surface area contributed by atoms with E-state index in [4.69, 9.17) is 4.74 Å². The van der Waals surface area contributed by atoms with Crippen LogP contribution >= 0.6 is 11.3 Å². The molecular weight excluding hydrogens is 443 g/mol. The Morgan fingerprint density at radius 3 is 2.38 bits per heavy atom. The predicted octanol–water partition coefficient (Wildman–Crippen LogP) is 4.81. The van der Waals surface area contributed by atoms with Crippen LogP contribution in [0.5, 0.6) is 11.6 Å². The van der Waals surface area contributed by atoms with Crippen LogP contribution < -0.4 is 9.64 Å². The number of alkyl halides is 3. The molecule has 1 aromatic carbocycles. The first kappa shape index (κ1) is 19.4. The van der Waals surface area contributed by atoms with Gasteiger partial charge in [-0.05, 0) is 36.5 Å². The Bertz CT molecular complexity index is 1270. The van der Waals surface area contributed by atoms with Crippen LogP contribution in [0.25, 0.3) is 10.2 Å².